The van der Waals surface area contributed by atoms with Crippen LogP contribution in [0.25, 0.3) is 0 Å². The second-order valence-corrected chi connectivity index (χ2v) is 8.50. The number of hydrogen-bond acceptors (Lipinski definition) is 5. The van der Waals surface area contributed by atoms with E-state index >= 15 is 0 Å². The number of nitrogens with one attached hydrogen (secondary N) is 2. The molecule has 0 spiro atoms. The summed E-state index contributed by atoms with van der Waals surface area (Å²) in [6, 6.07) is 20.0. The highest BCUT2D eigenvalue weighted by atomic mass is 127. The number of para-hydroxylation sites is 2. The van der Waals surface area contributed by atoms with E-state index in [4.69, 9.17) is 9.47 Å². The SMILES string of the molecule is CCOc1ccccc1C(=O)NN1C(=O)c2cc(I)ccc2N[C@@H]1c1ccccc1OCC. The second-order valence-electron chi connectivity index (χ2n) is 7.25. The molecule has 3 aromatic rings. The Hall–Kier alpha value is -3.27. The van der Waals surface area contributed by atoms with Gasteiger partial charge in [-0.2, -0.15) is 0 Å². The van der Waals surface area contributed by atoms with Gasteiger partial charge in [0.1, 0.15) is 11.5 Å². The van der Waals surface area contributed by atoms with Crippen LogP contribution in [0.15, 0.2) is 66.7 Å². The maximum Gasteiger partial charge on any atom is 0.276 e. The van der Waals surface area contributed by atoms with Gasteiger partial charge in [0.25, 0.3) is 11.8 Å². The maximum absolute atomic E-state index is 13.6. The van der Waals surface area contributed by atoms with Gasteiger partial charge in [-0.05, 0) is 72.8 Å². The van der Waals surface area contributed by atoms with Crippen LogP contribution in [-0.4, -0.2) is 30.0 Å². The van der Waals surface area contributed by atoms with Gasteiger partial charge >= 0.3 is 0 Å². The molecule has 1 aliphatic rings. The molecule has 2 N–H and O–H groups in total. The van der Waals surface area contributed by atoms with Crippen molar-refractivity contribution in [2.24, 2.45) is 0 Å². The second kappa shape index (κ2) is 10.1. The van der Waals surface area contributed by atoms with Gasteiger partial charge < -0.3 is 14.8 Å². The van der Waals surface area contributed by atoms with Crippen LogP contribution in [0.5, 0.6) is 11.5 Å². The molecule has 7 nitrogen and oxygen atoms in total. The Morgan fingerprint density at radius 2 is 1.67 bits per heavy atom. The van der Waals surface area contributed by atoms with E-state index in [2.05, 4.69) is 33.3 Å². The van der Waals surface area contributed by atoms with E-state index in [0.717, 1.165) is 9.13 Å². The van der Waals surface area contributed by atoms with Gasteiger partial charge in [-0.15, -0.1) is 0 Å². The molecule has 0 saturated heterocycles. The van der Waals surface area contributed by atoms with Crippen LogP contribution in [0.2, 0.25) is 0 Å². The van der Waals surface area contributed by atoms with Crippen molar-refractivity contribution in [3.63, 3.8) is 0 Å². The highest BCUT2D eigenvalue weighted by Gasteiger charge is 2.36. The summed E-state index contributed by atoms with van der Waals surface area (Å²) in [6.45, 7) is 4.65. The molecule has 0 aliphatic carbocycles. The lowest BCUT2D eigenvalue weighted by Gasteiger charge is -2.38. The number of fused-ring (bicyclic) bond motifs is 1. The minimum Gasteiger partial charge on any atom is -0.493 e. The molecule has 8 heteroatoms. The first kappa shape index (κ1) is 22.9. The minimum atomic E-state index is -0.670. The summed E-state index contributed by atoms with van der Waals surface area (Å²) in [7, 11) is 0. The van der Waals surface area contributed by atoms with Crippen molar-refractivity contribution in [3.05, 3.63) is 87.0 Å². The summed E-state index contributed by atoms with van der Waals surface area (Å²) in [4.78, 5) is 26.9. The van der Waals surface area contributed by atoms with E-state index in [1.807, 2.05) is 50.2 Å². The lowest BCUT2D eigenvalue weighted by molar-refractivity contribution is 0.0486. The first-order valence-corrected chi connectivity index (χ1v) is 11.8. The van der Waals surface area contributed by atoms with Gasteiger partial charge in [0.2, 0.25) is 0 Å². The molecular formula is C25H24IN3O4. The Balaban J connectivity index is 1.76. The molecular weight excluding hydrogens is 533 g/mol. The quantitative estimate of drug-likeness (QED) is 0.400. The van der Waals surface area contributed by atoms with Crippen LogP contribution in [-0.2, 0) is 0 Å². The number of hydrazine groups is 1. The average Bonchev–Trinajstić information content (AvgIpc) is 2.82. The zero-order valence-corrected chi connectivity index (χ0v) is 20.5. The standard InChI is InChI=1S/C25H24IN3O4/c1-3-32-21-11-7-5-9-17(21)23-27-20-14-13-16(26)15-19(20)25(31)29(23)28-24(30)18-10-6-8-12-22(18)33-4-2/h5-15,23,27H,3-4H2,1-2H3,(H,28,30)/t23-/m0/s1. The van der Waals surface area contributed by atoms with Crippen LogP contribution < -0.4 is 20.2 Å². The third-order valence-electron chi connectivity index (χ3n) is 5.15. The van der Waals surface area contributed by atoms with Gasteiger partial charge in [0, 0.05) is 14.8 Å². The summed E-state index contributed by atoms with van der Waals surface area (Å²) in [5.41, 5.74) is 5.05. The normalized spacial score (nSPS) is 14.8. The Labute approximate surface area is 206 Å². The fourth-order valence-corrected chi connectivity index (χ4v) is 4.20. The Kier molecular flexibility index (Phi) is 7.02. The maximum atomic E-state index is 13.6. The van der Waals surface area contributed by atoms with Crippen molar-refractivity contribution in [3.8, 4) is 11.5 Å². The third kappa shape index (κ3) is 4.75. The number of benzene rings is 3. The first-order valence-electron chi connectivity index (χ1n) is 10.7. The van der Waals surface area contributed by atoms with Crippen LogP contribution in [0, 0.1) is 3.57 Å². The van der Waals surface area contributed by atoms with Gasteiger partial charge in [-0.25, -0.2) is 5.01 Å². The number of rotatable bonds is 7. The molecule has 0 radical (unpaired) electrons. The molecule has 33 heavy (non-hydrogen) atoms. The van der Waals surface area contributed by atoms with Crippen LogP contribution in [0.1, 0.15) is 46.3 Å². The van der Waals surface area contributed by atoms with E-state index in [9.17, 15) is 9.59 Å². The predicted molar refractivity (Wildman–Crippen MR) is 134 cm³/mol. The summed E-state index contributed by atoms with van der Waals surface area (Å²) < 4.78 is 12.3. The number of carbonyl (C=O) groups is 2. The zero-order valence-electron chi connectivity index (χ0n) is 18.3. The molecule has 3 aromatic carbocycles. The molecule has 0 fully saturated rings. The summed E-state index contributed by atoms with van der Waals surface area (Å²) >= 11 is 2.16. The van der Waals surface area contributed by atoms with Gasteiger partial charge in [-0.3, -0.25) is 15.0 Å². The van der Waals surface area contributed by atoms with Crippen LogP contribution in [0.3, 0.4) is 0 Å². The number of anilines is 1. The molecule has 170 valence electrons. The Bertz CT molecular complexity index is 1180. The fourth-order valence-electron chi connectivity index (χ4n) is 3.71. The Morgan fingerprint density at radius 1 is 1.00 bits per heavy atom. The first-order chi connectivity index (χ1) is 16.0. The van der Waals surface area contributed by atoms with Crippen molar-refractivity contribution in [1.29, 1.82) is 0 Å². The molecule has 4 rings (SSSR count). The molecule has 0 saturated carbocycles. The van der Waals surface area contributed by atoms with Crippen molar-refractivity contribution in [1.82, 2.24) is 10.4 Å². The number of ether oxygens (including phenoxy) is 2. The van der Waals surface area contributed by atoms with E-state index < -0.39 is 12.1 Å². The summed E-state index contributed by atoms with van der Waals surface area (Å²) in [5, 5.41) is 4.71. The minimum absolute atomic E-state index is 0.319. The molecule has 0 unspecified atom stereocenters. The predicted octanol–water partition coefficient (Wildman–Crippen LogP) is 5.00. The smallest absolute Gasteiger partial charge is 0.276 e. The highest BCUT2D eigenvalue weighted by Crippen LogP contribution is 2.36. The number of carbonyl (C=O) groups excluding carboxylic acids is 2. The molecule has 0 bridgehead atoms. The van der Waals surface area contributed by atoms with E-state index in [1.54, 1.807) is 30.3 Å². The fraction of sp³-hybridized carbons (Fsp3) is 0.200. The molecule has 1 aliphatic heterocycles. The van der Waals surface area contributed by atoms with Gasteiger partial charge in [-0.1, -0.05) is 30.3 Å². The van der Waals surface area contributed by atoms with Crippen molar-refractivity contribution in [2.75, 3.05) is 18.5 Å². The Morgan fingerprint density at radius 3 is 2.42 bits per heavy atom. The zero-order chi connectivity index (χ0) is 23.4. The van der Waals surface area contributed by atoms with Crippen molar-refractivity contribution < 1.29 is 19.1 Å². The van der Waals surface area contributed by atoms with Crippen molar-refractivity contribution >= 4 is 40.1 Å². The molecule has 0 aromatic heterocycles. The monoisotopic (exact) mass is 557 g/mol. The summed E-state index contributed by atoms with van der Waals surface area (Å²) in [6.07, 6.45) is -0.670. The average molecular weight is 557 g/mol. The molecule has 2 amide bonds. The highest BCUT2D eigenvalue weighted by molar-refractivity contribution is 14.1. The lowest BCUT2D eigenvalue weighted by atomic mass is 10.0. The molecule has 1 heterocycles. The number of hydrogen-bond donors (Lipinski definition) is 2. The van der Waals surface area contributed by atoms with Crippen LogP contribution >= 0.6 is 22.6 Å². The van der Waals surface area contributed by atoms with E-state index in [0.29, 0.717) is 41.5 Å². The summed E-state index contributed by atoms with van der Waals surface area (Å²) in [5.74, 6) is 0.326. The van der Waals surface area contributed by atoms with E-state index in [-0.39, 0.29) is 5.91 Å². The largest absolute Gasteiger partial charge is 0.493 e. The number of nitrogens with zero attached hydrogens (tertiary/aromatic N) is 1. The number of amides is 2. The van der Waals surface area contributed by atoms with Gasteiger partial charge in [0.05, 0.1) is 24.3 Å². The topological polar surface area (TPSA) is 79.9 Å². The van der Waals surface area contributed by atoms with E-state index in [1.165, 1.54) is 5.01 Å². The lowest BCUT2D eigenvalue weighted by Crippen LogP contribution is -2.53. The van der Waals surface area contributed by atoms with Crippen LogP contribution in [0.4, 0.5) is 5.69 Å². The van der Waals surface area contributed by atoms with Gasteiger partial charge in [0.15, 0.2) is 6.17 Å². The molecule has 1 atom stereocenters. The van der Waals surface area contributed by atoms with Crippen molar-refractivity contribution in [2.45, 2.75) is 20.0 Å². The third-order valence-corrected chi connectivity index (χ3v) is 5.82. The number of halogens is 1.